The minimum Gasteiger partial charge on any atom is -0.392 e. The van der Waals surface area contributed by atoms with Gasteiger partial charge in [0.15, 0.2) is 0 Å². The van der Waals surface area contributed by atoms with Crippen molar-refractivity contribution in [1.29, 1.82) is 0 Å². The van der Waals surface area contributed by atoms with E-state index in [0.29, 0.717) is 13.1 Å². The first-order valence-corrected chi connectivity index (χ1v) is 10.7. The summed E-state index contributed by atoms with van der Waals surface area (Å²) in [7, 11) is 0. The van der Waals surface area contributed by atoms with Crippen LogP contribution in [0.1, 0.15) is 77.2 Å². The standard InChI is InChI=1S/C23H41NO2/c1-21(25)19-24(20-22(2)26)18-14-9-7-5-3-4-6-8-11-15-23-16-12-10-13-17-23/h10,12-13,16-17,21-22,25-26H,3-9,11,14-15,18-20H2,1-2H3. The lowest BCUT2D eigenvalue weighted by Gasteiger charge is -2.24. The van der Waals surface area contributed by atoms with E-state index in [-0.39, 0.29) is 12.2 Å². The summed E-state index contributed by atoms with van der Waals surface area (Å²) in [5.41, 5.74) is 1.47. The Morgan fingerprint density at radius 3 is 1.65 bits per heavy atom. The van der Waals surface area contributed by atoms with E-state index in [0.717, 1.165) is 13.0 Å². The van der Waals surface area contributed by atoms with Gasteiger partial charge in [-0.15, -0.1) is 0 Å². The van der Waals surface area contributed by atoms with Crippen LogP contribution in [0.5, 0.6) is 0 Å². The molecule has 0 spiro atoms. The molecule has 2 unspecified atom stereocenters. The Balaban J connectivity index is 1.90. The number of nitrogens with zero attached hydrogens (tertiary/aromatic N) is 1. The van der Waals surface area contributed by atoms with Gasteiger partial charge in [0.2, 0.25) is 0 Å². The number of aryl methyl sites for hydroxylation is 1. The van der Waals surface area contributed by atoms with Crippen LogP contribution < -0.4 is 0 Å². The van der Waals surface area contributed by atoms with E-state index in [2.05, 4.69) is 35.2 Å². The molecule has 2 N–H and O–H groups in total. The van der Waals surface area contributed by atoms with Crippen LogP contribution in [0.2, 0.25) is 0 Å². The van der Waals surface area contributed by atoms with Crippen LogP contribution in [0.4, 0.5) is 0 Å². The second-order valence-corrected chi connectivity index (χ2v) is 7.88. The molecule has 0 aliphatic rings. The molecule has 3 heteroatoms. The van der Waals surface area contributed by atoms with Gasteiger partial charge in [-0.3, -0.25) is 4.90 Å². The largest absolute Gasteiger partial charge is 0.392 e. The van der Waals surface area contributed by atoms with E-state index in [1.807, 2.05) is 13.8 Å². The van der Waals surface area contributed by atoms with Gasteiger partial charge in [-0.05, 0) is 45.2 Å². The summed E-state index contributed by atoms with van der Waals surface area (Å²) in [5, 5.41) is 19.1. The number of aliphatic hydroxyl groups is 2. The van der Waals surface area contributed by atoms with E-state index in [1.54, 1.807) is 0 Å². The van der Waals surface area contributed by atoms with Crippen molar-refractivity contribution in [3.63, 3.8) is 0 Å². The normalized spacial score (nSPS) is 13.9. The third-order valence-corrected chi connectivity index (χ3v) is 4.83. The summed E-state index contributed by atoms with van der Waals surface area (Å²) in [6.07, 6.45) is 12.4. The van der Waals surface area contributed by atoms with Gasteiger partial charge in [0.1, 0.15) is 0 Å². The lowest BCUT2D eigenvalue weighted by molar-refractivity contribution is 0.0825. The minimum atomic E-state index is -0.323. The number of aliphatic hydroxyl groups excluding tert-OH is 2. The van der Waals surface area contributed by atoms with Crippen LogP contribution >= 0.6 is 0 Å². The Kier molecular flexibility index (Phi) is 13.5. The van der Waals surface area contributed by atoms with E-state index in [1.165, 1.54) is 63.4 Å². The molecule has 0 radical (unpaired) electrons. The van der Waals surface area contributed by atoms with Crippen LogP contribution in [0, 0.1) is 0 Å². The van der Waals surface area contributed by atoms with Crippen molar-refractivity contribution in [2.24, 2.45) is 0 Å². The summed E-state index contributed by atoms with van der Waals surface area (Å²) in [6, 6.07) is 10.8. The maximum atomic E-state index is 9.54. The molecule has 0 bridgehead atoms. The molecule has 0 fully saturated rings. The van der Waals surface area contributed by atoms with Gasteiger partial charge in [-0.25, -0.2) is 0 Å². The topological polar surface area (TPSA) is 43.7 Å². The van der Waals surface area contributed by atoms with Crippen LogP contribution in [-0.2, 0) is 6.42 Å². The van der Waals surface area contributed by atoms with Crippen molar-refractivity contribution in [2.75, 3.05) is 19.6 Å². The van der Waals surface area contributed by atoms with Gasteiger partial charge < -0.3 is 10.2 Å². The highest BCUT2D eigenvalue weighted by Gasteiger charge is 2.10. The fourth-order valence-corrected chi connectivity index (χ4v) is 3.55. The molecule has 3 nitrogen and oxygen atoms in total. The first-order valence-electron chi connectivity index (χ1n) is 10.7. The monoisotopic (exact) mass is 363 g/mol. The van der Waals surface area contributed by atoms with E-state index in [4.69, 9.17) is 0 Å². The molecular formula is C23H41NO2. The molecule has 0 aliphatic heterocycles. The molecule has 0 amide bonds. The Labute approximate surface area is 161 Å². The van der Waals surface area contributed by atoms with Crippen LogP contribution in [0.3, 0.4) is 0 Å². The Morgan fingerprint density at radius 1 is 0.692 bits per heavy atom. The maximum Gasteiger partial charge on any atom is 0.0639 e. The van der Waals surface area contributed by atoms with Gasteiger partial charge in [-0.2, -0.15) is 0 Å². The zero-order valence-corrected chi connectivity index (χ0v) is 17.1. The number of rotatable bonds is 16. The summed E-state index contributed by atoms with van der Waals surface area (Å²) >= 11 is 0. The highest BCUT2D eigenvalue weighted by Crippen LogP contribution is 2.12. The van der Waals surface area contributed by atoms with Crippen molar-refractivity contribution in [3.05, 3.63) is 35.9 Å². The first-order chi connectivity index (χ1) is 12.6. The average molecular weight is 364 g/mol. The van der Waals surface area contributed by atoms with E-state index < -0.39 is 0 Å². The predicted octanol–water partition coefficient (Wildman–Crippen LogP) is 4.80. The Hall–Kier alpha value is -0.900. The van der Waals surface area contributed by atoms with Crippen LogP contribution in [-0.4, -0.2) is 47.0 Å². The molecule has 1 aromatic rings. The molecule has 150 valence electrons. The zero-order chi connectivity index (χ0) is 19.0. The molecule has 26 heavy (non-hydrogen) atoms. The molecular weight excluding hydrogens is 322 g/mol. The minimum absolute atomic E-state index is 0.323. The average Bonchev–Trinajstić information content (AvgIpc) is 2.59. The molecule has 1 rings (SSSR count). The predicted molar refractivity (Wildman–Crippen MR) is 112 cm³/mol. The lowest BCUT2D eigenvalue weighted by Crippen LogP contribution is -2.36. The molecule has 1 aromatic carbocycles. The molecule has 0 aliphatic carbocycles. The third kappa shape index (κ3) is 13.3. The molecule has 0 saturated heterocycles. The SMILES string of the molecule is CC(O)CN(CCCCCCCCCCCc1ccccc1)CC(C)O. The highest BCUT2D eigenvalue weighted by molar-refractivity contribution is 5.14. The molecule has 0 saturated carbocycles. The van der Waals surface area contributed by atoms with E-state index in [9.17, 15) is 10.2 Å². The van der Waals surface area contributed by atoms with Gasteiger partial charge in [0.05, 0.1) is 12.2 Å². The van der Waals surface area contributed by atoms with Crippen molar-refractivity contribution in [3.8, 4) is 0 Å². The Morgan fingerprint density at radius 2 is 1.15 bits per heavy atom. The maximum absolute atomic E-state index is 9.54. The number of hydrogen-bond acceptors (Lipinski definition) is 3. The van der Waals surface area contributed by atoms with Gasteiger partial charge in [-0.1, -0.05) is 75.3 Å². The molecule has 0 aromatic heterocycles. The van der Waals surface area contributed by atoms with Gasteiger partial charge in [0, 0.05) is 13.1 Å². The summed E-state index contributed by atoms with van der Waals surface area (Å²) in [5.74, 6) is 0. The number of hydrogen-bond donors (Lipinski definition) is 2. The van der Waals surface area contributed by atoms with Crippen LogP contribution in [0.15, 0.2) is 30.3 Å². The van der Waals surface area contributed by atoms with E-state index >= 15 is 0 Å². The summed E-state index contributed by atoms with van der Waals surface area (Å²) < 4.78 is 0. The smallest absolute Gasteiger partial charge is 0.0639 e. The zero-order valence-electron chi connectivity index (χ0n) is 17.1. The van der Waals surface area contributed by atoms with Crippen molar-refractivity contribution in [2.45, 2.75) is 90.3 Å². The summed E-state index contributed by atoms with van der Waals surface area (Å²) in [4.78, 5) is 2.18. The number of unbranched alkanes of at least 4 members (excludes halogenated alkanes) is 8. The quantitative estimate of drug-likeness (QED) is 0.415. The first kappa shape index (κ1) is 23.1. The molecule has 2 atom stereocenters. The fraction of sp³-hybridized carbons (Fsp3) is 0.739. The van der Waals surface area contributed by atoms with Gasteiger partial charge in [0.25, 0.3) is 0 Å². The summed E-state index contributed by atoms with van der Waals surface area (Å²) in [6.45, 7) is 5.93. The van der Waals surface area contributed by atoms with Crippen molar-refractivity contribution >= 4 is 0 Å². The van der Waals surface area contributed by atoms with Crippen LogP contribution in [0.25, 0.3) is 0 Å². The Bertz CT molecular complexity index is 409. The van der Waals surface area contributed by atoms with Gasteiger partial charge >= 0.3 is 0 Å². The second kappa shape index (κ2) is 15.2. The van der Waals surface area contributed by atoms with Crippen molar-refractivity contribution in [1.82, 2.24) is 4.90 Å². The molecule has 0 heterocycles. The highest BCUT2D eigenvalue weighted by atomic mass is 16.3. The second-order valence-electron chi connectivity index (χ2n) is 7.88. The lowest BCUT2D eigenvalue weighted by atomic mass is 10.0. The number of benzene rings is 1. The fourth-order valence-electron chi connectivity index (χ4n) is 3.55. The van der Waals surface area contributed by atoms with Crippen molar-refractivity contribution < 1.29 is 10.2 Å². The third-order valence-electron chi connectivity index (χ3n) is 4.83.